The molecule has 0 saturated carbocycles. The Morgan fingerprint density at radius 2 is 1.06 bits per heavy atom. The Morgan fingerprint density at radius 1 is 0.750 bits per heavy atom. The number of carboxylic acid groups (broad SMARTS) is 2. The van der Waals surface area contributed by atoms with Crippen LogP contribution in [0.2, 0.25) is 0 Å². The van der Waals surface area contributed by atoms with Gasteiger partial charge in [0, 0.05) is 23.5 Å². The number of aliphatic carboxylic acids is 2. The van der Waals surface area contributed by atoms with E-state index in [4.69, 9.17) is 10.2 Å². The van der Waals surface area contributed by atoms with Gasteiger partial charge in [-0.3, -0.25) is 9.59 Å². The van der Waals surface area contributed by atoms with Crippen molar-refractivity contribution in [2.45, 2.75) is 38.5 Å². The molecule has 0 bridgehead atoms. The highest BCUT2D eigenvalue weighted by atomic mass is 79.9. The first-order valence-corrected chi connectivity index (χ1v) is 7.34. The van der Waals surface area contributed by atoms with Crippen LogP contribution in [0.5, 0.6) is 0 Å². The topological polar surface area (TPSA) is 74.6 Å². The van der Waals surface area contributed by atoms with Crippen LogP contribution in [0.1, 0.15) is 38.5 Å². The highest BCUT2D eigenvalue weighted by Gasteiger charge is 1.93. The van der Waals surface area contributed by atoms with Crippen LogP contribution in [-0.2, 0) is 9.59 Å². The second-order valence-corrected chi connectivity index (χ2v) is 4.67. The van der Waals surface area contributed by atoms with Gasteiger partial charge >= 0.3 is 11.9 Å². The van der Waals surface area contributed by atoms with Crippen molar-refractivity contribution in [3.05, 3.63) is 0 Å². The van der Waals surface area contributed by atoms with Crippen LogP contribution in [0, 0.1) is 0 Å². The summed E-state index contributed by atoms with van der Waals surface area (Å²) in [6, 6.07) is 0. The molecule has 0 radical (unpaired) electrons. The lowest BCUT2D eigenvalue weighted by Crippen LogP contribution is -1.93. The quantitative estimate of drug-likeness (QED) is 0.514. The van der Waals surface area contributed by atoms with Crippen LogP contribution in [0.15, 0.2) is 0 Å². The van der Waals surface area contributed by atoms with E-state index in [0.29, 0.717) is 12.8 Å². The van der Waals surface area contributed by atoms with E-state index in [2.05, 4.69) is 31.9 Å². The molecule has 0 aromatic rings. The summed E-state index contributed by atoms with van der Waals surface area (Å²) in [6.45, 7) is 0. The summed E-state index contributed by atoms with van der Waals surface area (Å²) >= 11 is 6.41. The Balaban J connectivity index is 0. The van der Waals surface area contributed by atoms with E-state index < -0.39 is 11.9 Å². The number of carbonyl (C=O) groups is 2. The lowest BCUT2D eigenvalue weighted by Gasteiger charge is -1.89. The second-order valence-electron chi connectivity index (χ2n) is 3.08. The summed E-state index contributed by atoms with van der Waals surface area (Å²) in [5.74, 6) is -1.41. The number of alkyl halides is 2. The molecule has 0 aliphatic rings. The molecule has 4 nitrogen and oxygen atoms in total. The minimum absolute atomic E-state index is 0.297. The summed E-state index contributed by atoms with van der Waals surface area (Å²) in [5.41, 5.74) is 0. The second kappa shape index (κ2) is 14.9. The molecule has 0 aliphatic heterocycles. The third kappa shape index (κ3) is 23.6. The summed E-state index contributed by atoms with van der Waals surface area (Å²) in [6.07, 6.45) is 4.05. The van der Waals surface area contributed by atoms with Crippen LogP contribution < -0.4 is 0 Å². The zero-order valence-electron chi connectivity index (χ0n) is 9.12. The zero-order valence-corrected chi connectivity index (χ0v) is 12.3. The van der Waals surface area contributed by atoms with Gasteiger partial charge in [-0.25, -0.2) is 0 Å². The van der Waals surface area contributed by atoms with E-state index in [1.54, 1.807) is 0 Å². The normalized spacial score (nSPS) is 9.12. The number of rotatable bonds is 8. The molecule has 96 valence electrons. The molecule has 0 aliphatic carbocycles. The van der Waals surface area contributed by atoms with Gasteiger partial charge in [0.15, 0.2) is 0 Å². The van der Waals surface area contributed by atoms with Crippen molar-refractivity contribution in [1.29, 1.82) is 0 Å². The predicted octanol–water partition coefficient (Wildman–Crippen LogP) is 3.27. The average molecular weight is 362 g/mol. The Bertz CT molecular complexity index is 166. The molecule has 0 fully saturated rings. The van der Waals surface area contributed by atoms with Crippen molar-refractivity contribution in [2.24, 2.45) is 0 Å². The molecule has 0 spiro atoms. The first-order valence-electron chi connectivity index (χ1n) is 5.10. The molecule has 0 saturated heterocycles. The molecule has 0 aromatic heterocycles. The van der Waals surface area contributed by atoms with E-state index >= 15 is 0 Å². The van der Waals surface area contributed by atoms with Crippen molar-refractivity contribution in [3.63, 3.8) is 0 Å². The predicted molar refractivity (Wildman–Crippen MR) is 70.6 cm³/mol. The van der Waals surface area contributed by atoms with Gasteiger partial charge in [0.2, 0.25) is 0 Å². The first kappa shape index (κ1) is 18.3. The molecular weight excluding hydrogens is 344 g/mol. The molecule has 6 heteroatoms. The van der Waals surface area contributed by atoms with Gasteiger partial charge in [-0.15, -0.1) is 0 Å². The summed E-state index contributed by atoms with van der Waals surface area (Å²) in [7, 11) is 0. The van der Waals surface area contributed by atoms with Crippen LogP contribution in [0.25, 0.3) is 0 Å². The van der Waals surface area contributed by atoms with Crippen molar-refractivity contribution >= 4 is 43.8 Å². The van der Waals surface area contributed by atoms with Crippen molar-refractivity contribution < 1.29 is 19.8 Å². The minimum atomic E-state index is -0.703. The smallest absolute Gasteiger partial charge is 0.303 e. The largest absolute Gasteiger partial charge is 0.481 e. The molecule has 0 aromatic carbocycles. The van der Waals surface area contributed by atoms with Gasteiger partial charge in [0.1, 0.15) is 0 Å². The van der Waals surface area contributed by atoms with Crippen molar-refractivity contribution in [1.82, 2.24) is 0 Å². The SMILES string of the molecule is O=C(O)CCCCBr.O=C(O)CCCCBr. The van der Waals surface area contributed by atoms with Crippen LogP contribution in [0.4, 0.5) is 0 Å². The fraction of sp³-hybridized carbons (Fsp3) is 0.800. The van der Waals surface area contributed by atoms with Crippen LogP contribution in [-0.4, -0.2) is 32.8 Å². The van der Waals surface area contributed by atoms with E-state index in [-0.39, 0.29) is 0 Å². The number of halogens is 2. The van der Waals surface area contributed by atoms with E-state index in [9.17, 15) is 9.59 Å². The number of hydrogen-bond donors (Lipinski definition) is 2. The number of unbranched alkanes of at least 4 members (excludes halogenated alkanes) is 2. The maximum absolute atomic E-state index is 9.86. The standard InChI is InChI=1S/2C5H9BrO2/c2*6-4-2-1-3-5(7)8/h2*1-4H2,(H,7,8). The van der Waals surface area contributed by atoms with Crippen molar-refractivity contribution in [2.75, 3.05) is 10.7 Å². The summed E-state index contributed by atoms with van der Waals surface area (Å²) in [5, 5.41) is 18.1. The van der Waals surface area contributed by atoms with Crippen LogP contribution >= 0.6 is 31.9 Å². The monoisotopic (exact) mass is 360 g/mol. The molecule has 16 heavy (non-hydrogen) atoms. The molecule has 0 heterocycles. The molecule has 0 atom stereocenters. The minimum Gasteiger partial charge on any atom is -0.481 e. The van der Waals surface area contributed by atoms with Crippen molar-refractivity contribution in [3.8, 4) is 0 Å². The fourth-order valence-corrected chi connectivity index (χ4v) is 1.53. The van der Waals surface area contributed by atoms with Gasteiger partial charge in [-0.05, 0) is 25.7 Å². The lowest BCUT2D eigenvalue weighted by molar-refractivity contribution is -0.138. The highest BCUT2D eigenvalue weighted by Crippen LogP contribution is 1.97. The maximum atomic E-state index is 9.86. The van der Waals surface area contributed by atoms with Gasteiger partial charge < -0.3 is 10.2 Å². The maximum Gasteiger partial charge on any atom is 0.303 e. The molecule has 0 amide bonds. The third-order valence-corrected chi connectivity index (χ3v) is 2.67. The van der Waals surface area contributed by atoms with Gasteiger partial charge in [0.05, 0.1) is 0 Å². The Hall–Kier alpha value is -0.100. The lowest BCUT2D eigenvalue weighted by atomic mass is 10.3. The first-order chi connectivity index (χ1) is 7.54. The summed E-state index contributed by atoms with van der Waals surface area (Å²) < 4.78 is 0. The molecule has 0 rings (SSSR count). The third-order valence-electron chi connectivity index (χ3n) is 1.55. The fourth-order valence-electron chi connectivity index (χ4n) is 0.741. The van der Waals surface area contributed by atoms with E-state index in [0.717, 1.165) is 36.3 Å². The van der Waals surface area contributed by atoms with E-state index in [1.165, 1.54) is 0 Å². The van der Waals surface area contributed by atoms with Gasteiger partial charge in [0.25, 0.3) is 0 Å². The Labute approximate surface area is 113 Å². The van der Waals surface area contributed by atoms with Gasteiger partial charge in [-0.2, -0.15) is 0 Å². The van der Waals surface area contributed by atoms with E-state index in [1.807, 2.05) is 0 Å². The Morgan fingerprint density at radius 3 is 1.25 bits per heavy atom. The van der Waals surface area contributed by atoms with Gasteiger partial charge in [-0.1, -0.05) is 31.9 Å². The van der Waals surface area contributed by atoms with Crippen LogP contribution in [0.3, 0.4) is 0 Å². The Kier molecular flexibility index (Phi) is 17.0. The summed E-state index contributed by atoms with van der Waals surface area (Å²) in [4.78, 5) is 19.7. The average Bonchev–Trinajstić information content (AvgIpc) is 2.18. The zero-order chi connectivity index (χ0) is 12.8. The molecule has 0 unspecified atom stereocenters. The number of carboxylic acids is 2. The molecular formula is C10H18Br2O4. The highest BCUT2D eigenvalue weighted by molar-refractivity contribution is 9.09. The molecule has 2 N–H and O–H groups in total. The number of hydrogen-bond acceptors (Lipinski definition) is 2.